The van der Waals surface area contributed by atoms with E-state index in [2.05, 4.69) is 44.9 Å². The molecule has 12 fully saturated rings. The third kappa shape index (κ3) is 26.1. The van der Waals surface area contributed by atoms with Gasteiger partial charge in [-0.15, -0.1) is 0 Å². The monoisotopic (exact) mass is 2460 g/mol. The molecule has 0 saturated carbocycles. The Labute approximate surface area is 910 Å². The van der Waals surface area contributed by atoms with Crippen molar-refractivity contribution < 1.29 is 316 Å². The van der Waals surface area contributed by atoms with Gasteiger partial charge in [0.25, 0.3) is 22.2 Å². The quantitative estimate of drug-likeness (QED) is 0.0391. The zero-order valence-electron chi connectivity index (χ0n) is 72.6. The maximum atomic E-state index is 14.7. The number of nitrogen functional groups attached to an aromatic ring is 3. The molecule has 12 aliphatic heterocycles. The molecule has 20 heterocycles. The van der Waals surface area contributed by atoms with Gasteiger partial charge < -0.3 is 101 Å². The molecule has 0 aromatic carbocycles. The molecular weight excluding hydrogens is 2360 g/mol. The molecule has 10 N–H and O–H groups in total. The minimum Gasteiger partial charge on any atom is -0.383 e. The van der Waals surface area contributed by atoms with Crippen LogP contribution in [0.5, 0.6) is 0 Å². The van der Waals surface area contributed by atoms with Crippen LogP contribution in [0.1, 0.15) is 75.0 Å². The molecule has 718 valence electrons. The Bertz CT molecular complexity index is 6100. The van der Waals surface area contributed by atoms with E-state index < -0.39 is 188 Å². The Morgan fingerprint density at radius 3 is 1.25 bits per heavy atom. The smallest absolute Gasteiger partial charge is 0.351 e. The van der Waals surface area contributed by atoms with Crippen molar-refractivity contribution >= 4 is 88.1 Å². The molecule has 0 amide bonds. The van der Waals surface area contributed by atoms with E-state index in [-0.39, 0.29) is 297 Å². The summed E-state index contributed by atoms with van der Waals surface area (Å²) in [6.07, 6.45) is 4.74. The van der Waals surface area contributed by atoms with Gasteiger partial charge in [-0.1, -0.05) is 0 Å². The van der Waals surface area contributed by atoms with Crippen molar-refractivity contribution in [3.8, 4) is 0 Å². The van der Waals surface area contributed by atoms with Gasteiger partial charge in [-0.05, 0) is 13.0 Å². The normalized spacial score (nSPS) is 31.4. The van der Waals surface area contributed by atoms with E-state index >= 15 is 0 Å². The first-order valence-corrected chi connectivity index (χ1v) is 50.5. The molecule has 134 heavy (non-hydrogen) atoms. The second-order valence-electron chi connectivity index (χ2n) is 32.2. The number of ether oxygens (including phenoxy) is 12. The average molecular weight is 2460 g/mol. The molecule has 20 rings (SSSR count). The van der Waals surface area contributed by atoms with Gasteiger partial charge in [0.1, 0.15) is 82.3 Å². The SMILES string of the molecule is C[PH](=O)OC[C@@]12CO[C@@H]([C@H](n3cnc4c(N)ncnc43)O1)[C@@H]2F.C[PH](=O)OC[C@]12CO[C@H](C1)[C@H](n1cc(F)c(=O)[nH]c1=O)O2.C[PH](=O)OC[C@]12CO[C@H](C1)[C@H](n1ccc(=O)[nH]c1=O)O2.C[PH](=O)OC[C@]12CO[C@H](C1)[C@H](n1ccc(N)nc1=O)O2.C[PH](=O)OC[C@]12CO[C@H](C1)[C@H](n1cnc3c(=O)[nH]c(N)nc31)O2.Cc1cn([C@@H]2O[C@@]3(CO[PH](C)=O)CO[C@@H]2C3)c(=O)[nH]c1=O.[Y].[Y].[Y].[Y].[Y].[Y]. The van der Waals surface area contributed by atoms with E-state index in [1.807, 2.05) is 4.98 Å². The molecule has 65 heteroatoms. The standard InChI is InChI=1S/C12H15FN5O4P.C12H16N5O5P.C12H17N2O6P.C11H14FN2O6P.C11H16N3O5P.C11H15N2O6P.6Y/c1-23(19)21-3-12-2-20-7(8(12)13)11(22-12)18-5-17-6-9(14)15-4-16-10(6)18;1-23(19)21-4-12-2-6(20-3-12)10(22-12)17-5-14-7-8(17)15-11(13)16-9(7)18;1-7-4-14(11(16)13-9(7)15)10-8-3-12(20-10,5-18-8)6-19-21(2)17;1-21(17)19-5-11-2-7(18-4-11)9(20-11)14-3-6(12)8(15)13-10(14)16;1-20(16)18-6-11-4-7(17-5-11)9(19-11)14-3-2-8(12)13-10(14)15;1-20(16)18-6-11-4-7(17-5-11)9(19-11)13-3-2-8(14)12-10(13)15;;;;;;/h4-5,7-8,11,23H,2-3H2,1H3,(H2,14,15,16);5-6,10,23H,2-4H2,1H3,(H3,13,15,16,18);4,8,10,21H,3,5-6H2,1-2H3,(H,13,15,16);3,7,9,21H,2,4-5H2,1H3,(H,13,15,16);2-3,7,9,20H,4-6H2,1H3,(H2,12,13,15);2-3,7,9,20H,4-6H2,1H3,(H,12,14,15);;;;;;/t7-,8+,11-,12-;6-,10-,12-;8-,10-,12-;3*7-,9-,11-;;;;;;/m111111....../s1. The van der Waals surface area contributed by atoms with E-state index in [0.29, 0.717) is 80.9 Å². The minimum atomic E-state index is -2.19. The topological polar surface area (TPSA) is 653 Å². The van der Waals surface area contributed by atoms with Gasteiger partial charge in [0, 0.05) is 299 Å². The van der Waals surface area contributed by atoms with Crippen molar-refractivity contribution in [3.05, 3.63) is 151 Å². The first-order valence-electron chi connectivity index (χ1n) is 39.6. The van der Waals surface area contributed by atoms with Gasteiger partial charge in [0.2, 0.25) is 11.8 Å². The molecule has 0 aliphatic carbocycles. The number of hydrogen-bond acceptors (Lipinski definition) is 41. The van der Waals surface area contributed by atoms with Crippen LogP contribution in [0.15, 0.2) is 94.3 Å². The predicted molar refractivity (Wildman–Crippen MR) is 443 cm³/mol. The molecule has 12 aliphatic rings. The number of halogens is 2. The number of alkyl halides is 1. The van der Waals surface area contributed by atoms with Crippen LogP contribution >= 0.6 is 48.2 Å². The fourth-order valence-electron chi connectivity index (χ4n) is 16.5. The van der Waals surface area contributed by atoms with Crippen LogP contribution in [0.4, 0.5) is 26.4 Å². The number of rotatable bonds is 24. The second kappa shape index (κ2) is 48.6. The van der Waals surface area contributed by atoms with Crippen LogP contribution in [0.3, 0.4) is 0 Å². The van der Waals surface area contributed by atoms with Crippen molar-refractivity contribution in [2.45, 2.75) is 153 Å². The van der Waals surface area contributed by atoms with Crippen LogP contribution in [0, 0.1) is 12.7 Å². The maximum Gasteiger partial charge on any atom is 0.351 e. The molecule has 0 spiro atoms. The summed E-state index contributed by atoms with van der Waals surface area (Å²) in [7, 11) is -12.5. The number of aryl methyl sites for hydroxylation is 1. The molecule has 8 aromatic heterocycles. The maximum absolute atomic E-state index is 14.7. The fraction of sp³-hybridized carbons (Fsp3) is 0.623. The van der Waals surface area contributed by atoms with Gasteiger partial charge >= 0.3 is 22.8 Å². The van der Waals surface area contributed by atoms with E-state index in [4.69, 9.17) is 101 Å². The van der Waals surface area contributed by atoms with Gasteiger partial charge in [-0.3, -0.25) is 93.9 Å². The number of H-pyrrole nitrogens is 4. The average Bonchev–Trinajstić information content (AvgIpc) is 1.56. The third-order valence-electron chi connectivity index (χ3n) is 22.5. The van der Waals surface area contributed by atoms with Crippen molar-refractivity contribution in [1.82, 2.24) is 77.2 Å². The first-order chi connectivity index (χ1) is 60.8. The van der Waals surface area contributed by atoms with Crippen molar-refractivity contribution in [3.63, 3.8) is 0 Å². The van der Waals surface area contributed by atoms with Crippen molar-refractivity contribution in [2.24, 2.45) is 0 Å². The summed E-state index contributed by atoms with van der Waals surface area (Å²) in [5, 5.41) is 0. The molecular formula is C69H93F2N19O32P6Y6. The fourth-order valence-corrected chi connectivity index (χ4v) is 19.3. The number of hydrogen-bond donors (Lipinski definition) is 7. The number of aromatic amines is 4. The van der Waals surface area contributed by atoms with Crippen LogP contribution in [0.2, 0.25) is 0 Å². The zero-order chi connectivity index (χ0) is 91.4. The van der Waals surface area contributed by atoms with Gasteiger partial charge in [-0.2, -0.15) is 14.4 Å². The van der Waals surface area contributed by atoms with Crippen LogP contribution in [-0.2, 0) is 308 Å². The van der Waals surface area contributed by atoms with Crippen LogP contribution < -0.4 is 62.2 Å². The molecule has 12 bridgehead atoms. The second-order valence-corrected chi connectivity index (χ2v) is 39.8. The Hall–Kier alpha value is -1.64. The summed E-state index contributed by atoms with van der Waals surface area (Å²) >= 11 is 0. The molecule has 51 nitrogen and oxygen atoms in total. The summed E-state index contributed by atoms with van der Waals surface area (Å²) in [5.41, 5.74) is 9.27. The number of nitrogens with two attached hydrogens (primary N) is 3. The Balaban J connectivity index is 0.000000179. The predicted octanol–water partition coefficient (Wildman–Crippen LogP) is -0.00828. The largest absolute Gasteiger partial charge is 0.383 e. The van der Waals surface area contributed by atoms with Gasteiger partial charge in [-0.25, -0.2) is 43.5 Å². The number of anilines is 3. The number of nitrogens with one attached hydrogen (secondary N) is 4. The molecule has 25 atom stereocenters. The summed E-state index contributed by atoms with van der Waals surface area (Å²) in [6.45, 7) is 13.1. The Kier molecular flexibility index (Phi) is 42.0. The van der Waals surface area contributed by atoms with E-state index in [9.17, 15) is 74.5 Å². The van der Waals surface area contributed by atoms with Crippen molar-refractivity contribution in [1.29, 1.82) is 0 Å². The van der Waals surface area contributed by atoms with Gasteiger partial charge in [0.05, 0.1) is 98.1 Å². The number of imidazole rings is 2. The molecule has 6 unspecified atom stereocenters. The number of nitrogens with zero attached hydrogens (tertiary/aromatic N) is 12. The van der Waals surface area contributed by atoms with E-state index in [1.165, 1.54) is 103 Å². The van der Waals surface area contributed by atoms with Crippen molar-refractivity contribution in [2.75, 3.05) is 136 Å². The Morgan fingerprint density at radius 2 is 0.813 bits per heavy atom. The number of fused-ring (bicyclic) bond motifs is 14. The minimum absolute atomic E-state index is 0. The number of aromatic nitrogens is 16. The Morgan fingerprint density at radius 1 is 0.425 bits per heavy atom. The summed E-state index contributed by atoms with van der Waals surface area (Å²) < 4.78 is 203. The summed E-state index contributed by atoms with van der Waals surface area (Å²) in [4.78, 5) is 125. The summed E-state index contributed by atoms with van der Waals surface area (Å²) in [5.74, 6) is -0.670. The molecule has 12 saturated heterocycles. The zero-order valence-corrected chi connectivity index (χ0v) is 95.6. The summed E-state index contributed by atoms with van der Waals surface area (Å²) in [6, 6.07) is 2.79. The van der Waals surface area contributed by atoms with E-state index in [1.54, 1.807) is 16.1 Å². The first kappa shape index (κ1) is 116. The molecule has 8 aromatic rings. The third-order valence-corrected chi connectivity index (χ3v) is 25.8. The van der Waals surface area contributed by atoms with Crippen LogP contribution in [-0.4, -0.2) is 273 Å². The molecule has 6 radical (unpaired) electrons. The van der Waals surface area contributed by atoms with Crippen LogP contribution in [0.25, 0.3) is 22.3 Å². The van der Waals surface area contributed by atoms with E-state index in [0.717, 1.165) is 10.8 Å². The van der Waals surface area contributed by atoms with Gasteiger partial charge in [0.15, 0.2) is 120 Å².